The van der Waals surface area contributed by atoms with Crippen molar-refractivity contribution in [1.29, 1.82) is 0 Å². The van der Waals surface area contributed by atoms with Gasteiger partial charge in [-0.05, 0) is 37.6 Å². The van der Waals surface area contributed by atoms with Crippen LogP contribution in [0.2, 0.25) is 0 Å². The highest BCUT2D eigenvalue weighted by Crippen LogP contribution is 2.29. The Hall–Kier alpha value is -2.05. The maximum atomic E-state index is 11.9. The van der Waals surface area contributed by atoms with Crippen molar-refractivity contribution in [2.75, 3.05) is 46.5 Å². The van der Waals surface area contributed by atoms with Crippen LogP contribution in [0, 0.1) is 0 Å². The number of nitrogens with one attached hydrogen (secondary N) is 1. The van der Waals surface area contributed by atoms with Crippen LogP contribution in [0.5, 0.6) is 11.5 Å². The largest absolute Gasteiger partial charge is 0.493 e. The van der Waals surface area contributed by atoms with E-state index in [9.17, 15) is 4.79 Å². The van der Waals surface area contributed by atoms with Gasteiger partial charge < -0.3 is 19.5 Å². The monoisotopic (exact) mass is 348 g/mol. The summed E-state index contributed by atoms with van der Waals surface area (Å²) in [4.78, 5) is 14.2. The number of carbonyl (C=O) groups excluding carboxylic acids is 1. The van der Waals surface area contributed by atoms with Gasteiger partial charge in [0.1, 0.15) is 0 Å². The Balaban J connectivity index is 1.82. The maximum absolute atomic E-state index is 11.9. The smallest absolute Gasteiger partial charge is 0.244 e. The predicted octanol–water partition coefficient (Wildman–Crippen LogP) is 1.94. The van der Waals surface area contributed by atoms with Crippen LogP contribution in [0.4, 0.5) is 0 Å². The minimum atomic E-state index is -0.102. The van der Waals surface area contributed by atoms with E-state index in [0.29, 0.717) is 18.0 Å². The molecule has 1 saturated heterocycles. The summed E-state index contributed by atoms with van der Waals surface area (Å²) in [6, 6.07) is 5.61. The Morgan fingerprint density at radius 3 is 2.76 bits per heavy atom. The van der Waals surface area contributed by atoms with E-state index in [0.717, 1.165) is 38.4 Å². The lowest BCUT2D eigenvalue weighted by molar-refractivity contribution is -0.116. The molecule has 0 spiro atoms. The highest BCUT2D eigenvalue weighted by atomic mass is 16.5. The Kier molecular flexibility index (Phi) is 7.76. The number of carbonyl (C=O) groups is 1. The Morgan fingerprint density at radius 1 is 1.32 bits per heavy atom. The fourth-order valence-electron chi connectivity index (χ4n) is 2.53. The van der Waals surface area contributed by atoms with Crippen molar-refractivity contribution in [1.82, 2.24) is 10.2 Å². The van der Waals surface area contributed by atoms with E-state index in [1.54, 1.807) is 13.2 Å². The molecule has 1 aromatic carbocycles. The van der Waals surface area contributed by atoms with Crippen LogP contribution in [0.1, 0.15) is 19.4 Å². The first-order valence-electron chi connectivity index (χ1n) is 8.69. The zero-order valence-electron chi connectivity index (χ0n) is 15.3. The maximum Gasteiger partial charge on any atom is 0.244 e. The molecule has 6 nitrogen and oxygen atoms in total. The summed E-state index contributed by atoms with van der Waals surface area (Å²) in [6.07, 6.45) is 3.38. The molecule has 1 heterocycles. The zero-order valence-corrected chi connectivity index (χ0v) is 15.3. The van der Waals surface area contributed by atoms with Crippen molar-refractivity contribution in [3.05, 3.63) is 29.8 Å². The summed E-state index contributed by atoms with van der Waals surface area (Å²) in [5, 5.41) is 2.90. The van der Waals surface area contributed by atoms with Gasteiger partial charge in [-0.15, -0.1) is 0 Å². The first kappa shape index (κ1) is 19.3. The standard InChI is InChI=1S/C19H28N2O4/c1-15(2)25-17-6-4-16(14-18(17)23-3)5-7-19(22)20-8-9-21-10-12-24-13-11-21/h4-7,14-15H,8-13H2,1-3H3,(H,20,22)/b7-5+. The fraction of sp³-hybridized carbons (Fsp3) is 0.526. The van der Waals surface area contributed by atoms with Gasteiger partial charge >= 0.3 is 0 Å². The van der Waals surface area contributed by atoms with Gasteiger partial charge in [0.15, 0.2) is 11.5 Å². The topological polar surface area (TPSA) is 60.0 Å². The minimum absolute atomic E-state index is 0.0764. The third-order valence-corrected chi connectivity index (χ3v) is 3.81. The average Bonchev–Trinajstić information content (AvgIpc) is 2.61. The van der Waals surface area contributed by atoms with E-state index in [-0.39, 0.29) is 12.0 Å². The summed E-state index contributed by atoms with van der Waals surface area (Å²) in [7, 11) is 1.61. The highest BCUT2D eigenvalue weighted by Gasteiger charge is 2.10. The van der Waals surface area contributed by atoms with Gasteiger partial charge in [-0.25, -0.2) is 0 Å². The van der Waals surface area contributed by atoms with E-state index in [2.05, 4.69) is 10.2 Å². The molecule has 0 radical (unpaired) electrons. The summed E-state index contributed by atoms with van der Waals surface area (Å²) < 4.78 is 16.3. The molecule has 0 aromatic heterocycles. The number of rotatable bonds is 8. The molecular formula is C19H28N2O4. The van der Waals surface area contributed by atoms with Crippen molar-refractivity contribution in [3.63, 3.8) is 0 Å². The Labute approximate surface area is 149 Å². The van der Waals surface area contributed by atoms with Gasteiger partial charge in [-0.1, -0.05) is 6.07 Å². The van der Waals surface area contributed by atoms with E-state index < -0.39 is 0 Å². The minimum Gasteiger partial charge on any atom is -0.493 e. The summed E-state index contributed by atoms with van der Waals surface area (Å²) >= 11 is 0. The van der Waals surface area contributed by atoms with Crippen molar-refractivity contribution in [3.8, 4) is 11.5 Å². The molecule has 0 atom stereocenters. The zero-order chi connectivity index (χ0) is 18.1. The number of ether oxygens (including phenoxy) is 3. The number of morpholine rings is 1. The van der Waals surface area contributed by atoms with Gasteiger partial charge in [0.2, 0.25) is 5.91 Å². The predicted molar refractivity (Wildman–Crippen MR) is 98.1 cm³/mol. The van der Waals surface area contributed by atoms with Crippen molar-refractivity contribution in [2.45, 2.75) is 20.0 Å². The Morgan fingerprint density at radius 2 is 2.08 bits per heavy atom. The molecule has 1 fully saturated rings. The SMILES string of the molecule is COc1cc(/C=C/C(=O)NCCN2CCOCC2)ccc1OC(C)C. The molecule has 1 N–H and O–H groups in total. The number of hydrogen-bond donors (Lipinski definition) is 1. The molecule has 6 heteroatoms. The molecule has 0 bridgehead atoms. The fourth-order valence-corrected chi connectivity index (χ4v) is 2.53. The van der Waals surface area contributed by atoms with Gasteiger partial charge in [0.25, 0.3) is 0 Å². The lowest BCUT2D eigenvalue weighted by Gasteiger charge is -2.26. The molecule has 138 valence electrons. The average molecular weight is 348 g/mol. The number of methoxy groups -OCH3 is 1. The number of amides is 1. The highest BCUT2D eigenvalue weighted by molar-refractivity contribution is 5.91. The molecule has 25 heavy (non-hydrogen) atoms. The van der Waals surface area contributed by atoms with E-state index in [1.165, 1.54) is 6.08 Å². The van der Waals surface area contributed by atoms with E-state index >= 15 is 0 Å². The third kappa shape index (κ3) is 6.76. The molecule has 1 amide bonds. The first-order chi connectivity index (χ1) is 12.1. The molecule has 0 unspecified atom stereocenters. The third-order valence-electron chi connectivity index (χ3n) is 3.81. The number of hydrogen-bond acceptors (Lipinski definition) is 5. The van der Waals surface area contributed by atoms with Gasteiger partial charge in [0.05, 0.1) is 26.4 Å². The number of nitrogens with zero attached hydrogens (tertiary/aromatic N) is 1. The van der Waals surface area contributed by atoms with Crippen LogP contribution in [-0.2, 0) is 9.53 Å². The van der Waals surface area contributed by atoms with Crippen molar-refractivity contribution >= 4 is 12.0 Å². The van der Waals surface area contributed by atoms with Crippen LogP contribution < -0.4 is 14.8 Å². The second kappa shape index (κ2) is 10.1. The van der Waals surface area contributed by atoms with Crippen molar-refractivity contribution in [2.24, 2.45) is 0 Å². The molecular weight excluding hydrogens is 320 g/mol. The summed E-state index contributed by atoms with van der Waals surface area (Å²) in [5.41, 5.74) is 0.885. The normalized spacial score (nSPS) is 15.5. The second-order valence-electron chi connectivity index (χ2n) is 6.16. The van der Waals surface area contributed by atoms with E-state index in [1.807, 2.05) is 32.0 Å². The first-order valence-corrected chi connectivity index (χ1v) is 8.69. The molecule has 1 aliphatic rings. The quantitative estimate of drug-likeness (QED) is 0.728. The molecule has 2 rings (SSSR count). The van der Waals surface area contributed by atoms with Crippen LogP contribution in [0.3, 0.4) is 0 Å². The lowest BCUT2D eigenvalue weighted by Crippen LogP contribution is -2.41. The number of benzene rings is 1. The van der Waals surface area contributed by atoms with E-state index in [4.69, 9.17) is 14.2 Å². The summed E-state index contributed by atoms with van der Waals surface area (Å²) in [6.45, 7) is 8.81. The van der Waals surface area contributed by atoms with Gasteiger partial charge in [-0.3, -0.25) is 9.69 Å². The lowest BCUT2D eigenvalue weighted by atomic mass is 10.2. The van der Waals surface area contributed by atoms with Crippen LogP contribution in [0.25, 0.3) is 6.08 Å². The summed E-state index contributed by atoms with van der Waals surface area (Å²) in [5.74, 6) is 1.25. The van der Waals surface area contributed by atoms with Crippen LogP contribution in [0.15, 0.2) is 24.3 Å². The molecule has 1 aliphatic heterocycles. The van der Waals surface area contributed by atoms with Gasteiger partial charge in [0, 0.05) is 32.3 Å². The second-order valence-corrected chi connectivity index (χ2v) is 6.16. The van der Waals surface area contributed by atoms with Crippen molar-refractivity contribution < 1.29 is 19.0 Å². The molecule has 0 saturated carbocycles. The molecule has 1 aromatic rings. The van der Waals surface area contributed by atoms with Gasteiger partial charge in [-0.2, -0.15) is 0 Å². The molecule has 0 aliphatic carbocycles. The Bertz CT molecular complexity index is 581. The van der Waals surface area contributed by atoms with Crippen LogP contribution >= 0.6 is 0 Å². The van der Waals surface area contributed by atoms with Crippen LogP contribution in [-0.4, -0.2) is 63.4 Å².